The third-order valence-corrected chi connectivity index (χ3v) is 3.40. The number of aromatic amines is 1. The van der Waals surface area contributed by atoms with Crippen LogP contribution in [0.1, 0.15) is 12.5 Å². The number of aryl methyl sites for hydroxylation is 1. The van der Waals surface area contributed by atoms with Crippen molar-refractivity contribution in [3.63, 3.8) is 0 Å². The van der Waals surface area contributed by atoms with Gasteiger partial charge in [0.05, 0.1) is 18.1 Å². The average molecular weight is 250 g/mol. The van der Waals surface area contributed by atoms with Gasteiger partial charge >= 0.3 is 5.97 Å². The molecule has 1 aromatic heterocycles. The molecule has 0 radical (unpaired) electrons. The Balaban J connectivity index is 2.22. The zero-order valence-corrected chi connectivity index (χ0v) is 10.8. The number of nitrogens with one attached hydrogen (secondary N) is 1. The molecule has 5 heteroatoms. The van der Waals surface area contributed by atoms with Crippen LogP contribution in [0, 0.1) is 6.92 Å². The Labute approximate surface area is 104 Å². The van der Waals surface area contributed by atoms with Gasteiger partial charge in [0, 0.05) is 0 Å². The number of hydrogen-bond donors (Lipinski definition) is 1. The number of ether oxygens (including phenoxy) is 1. The summed E-state index contributed by atoms with van der Waals surface area (Å²) in [5.74, 6) is -0.244. The molecule has 0 spiro atoms. The SMILES string of the molecule is COC(=O)[C@H](C)Sc1nc2ccc(C)cc2[nH]1. The first kappa shape index (κ1) is 12.0. The Morgan fingerprint density at radius 1 is 1.53 bits per heavy atom. The summed E-state index contributed by atoms with van der Waals surface area (Å²) in [7, 11) is 1.39. The third kappa shape index (κ3) is 2.61. The van der Waals surface area contributed by atoms with Crippen molar-refractivity contribution < 1.29 is 9.53 Å². The maximum absolute atomic E-state index is 11.3. The van der Waals surface area contributed by atoms with Crippen LogP contribution >= 0.6 is 11.8 Å². The van der Waals surface area contributed by atoms with E-state index in [1.54, 1.807) is 6.92 Å². The minimum Gasteiger partial charge on any atom is -0.468 e. The van der Waals surface area contributed by atoms with E-state index in [9.17, 15) is 4.79 Å². The molecule has 17 heavy (non-hydrogen) atoms. The van der Waals surface area contributed by atoms with Crippen LogP contribution in [0.4, 0.5) is 0 Å². The van der Waals surface area contributed by atoms with Gasteiger partial charge in [0.1, 0.15) is 5.25 Å². The Hall–Kier alpha value is -1.49. The Bertz CT molecular complexity index is 550. The lowest BCUT2D eigenvalue weighted by atomic mass is 10.2. The van der Waals surface area contributed by atoms with Crippen molar-refractivity contribution in [2.45, 2.75) is 24.3 Å². The molecular weight excluding hydrogens is 236 g/mol. The number of carbonyl (C=O) groups excluding carboxylic acids is 1. The van der Waals surface area contributed by atoms with Crippen molar-refractivity contribution >= 4 is 28.8 Å². The summed E-state index contributed by atoms with van der Waals surface area (Å²) in [4.78, 5) is 18.9. The zero-order valence-electron chi connectivity index (χ0n) is 9.98. The first-order chi connectivity index (χ1) is 8.10. The molecule has 90 valence electrons. The second-order valence-electron chi connectivity index (χ2n) is 3.85. The Morgan fingerprint density at radius 3 is 3.00 bits per heavy atom. The molecule has 0 fully saturated rings. The summed E-state index contributed by atoms with van der Waals surface area (Å²) in [5, 5.41) is 0.477. The van der Waals surface area contributed by atoms with Gasteiger partial charge in [-0.05, 0) is 31.5 Å². The highest BCUT2D eigenvalue weighted by molar-refractivity contribution is 8.00. The van der Waals surface area contributed by atoms with Crippen LogP contribution in [0.3, 0.4) is 0 Å². The Kier molecular flexibility index (Phi) is 3.38. The highest BCUT2D eigenvalue weighted by Crippen LogP contribution is 2.24. The summed E-state index contributed by atoms with van der Waals surface area (Å²) in [5.41, 5.74) is 3.08. The van der Waals surface area contributed by atoms with Crippen LogP contribution < -0.4 is 0 Å². The van der Waals surface area contributed by atoms with E-state index < -0.39 is 0 Å². The maximum atomic E-state index is 11.3. The molecule has 0 saturated heterocycles. The molecular formula is C12H14N2O2S. The third-order valence-electron chi connectivity index (χ3n) is 2.44. The van der Waals surface area contributed by atoms with Gasteiger partial charge in [-0.25, -0.2) is 4.98 Å². The maximum Gasteiger partial charge on any atom is 0.318 e. The number of fused-ring (bicyclic) bond motifs is 1. The van der Waals surface area contributed by atoms with E-state index >= 15 is 0 Å². The normalized spacial score (nSPS) is 12.6. The van der Waals surface area contributed by atoms with Gasteiger partial charge in [0.2, 0.25) is 0 Å². The predicted molar refractivity (Wildman–Crippen MR) is 68.2 cm³/mol. The van der Waals surface area contributed by atoms with Crippen molar-refractivity contribution in [1.82, 2.24) is 9.97 Å². The number of hydrogen-bond acceptors (Lipinski definition) is 4. The number of carbonyl (C=O) groups is 1. The number of H-pyrrole nitrogens is 1. The van der Waals surface area contributed by atoms with Gasteiger partial charge in [-0.3, -0.25) is 4.79 Å². The van der Waals surface area contributed by atoms with Gasteiger partial charge in [-0.15, -0.1) is 0 Å². The Morgan fingerprint density at radius 2 is 2.29 bits per heavy atom. The van der Waals surface area contributed by atoms with E-state index in [1.165, 1.54) is 24.4 Å². The fourth-order valence-corrected chi connectivity index (χ4v) is 2.38. The van der Waals surface area contributed by atoms with E-state index in [0.29, 0.717) is 0 Å². The van der Waals surface area contributed by atoms with Crippen molar-refractivity contribution in [3.05, 3.63) is 23.8 Å². The zero-order chi connectivity index (χ0) is 12.4. The predicted octanol–water partition coefficient (Wildman–Crippen LogP) is 2.52. The van der Waals surface area contributed by atoms with E-state index in [-0.39, 0.29) is 11.2 Å². The second kappa shape index (κ2) is 4.79. The van der Waals surface area contributed by atoms with Gasteiger partial charge in [0.15, 0.2) is 5.16 Å². The highest BCUT2D eigenvalue weighted by atomic mass is 32.2. The van der Waals surface area contributed by atoms with Crippen LogP contribution in [-0.4, -0.2) is 28.3 Å². The van der Waals surface area contributed by atoms with Crippen LogP contribution in [0.2, 0.25) is 0 Å². The molecule has 1 N–H and O–H groups in total. The standard InChI is InChI=1S/C12H14N2O2S/c1-7-4-5-9-10(6-7)14-12(13-9)17-8(2)11(15)16-3/h4-6,8H,1-3H3,(H,13,14)/t8-/m0/s1. The molecule has 0 saturated carbocycles. The number of rotatable bonds is 3. The topological polar surface area (TPSA) is 55.0 Å². The molecule has 0 aliphatic rings. The van der Waals surface area contributed by atoms with E-state index in [0.717, 1.165) is 16.2 Å². The molecule has 1 aromatic carbocycles. The molecule has 1 atom stereocenters. The first-order valence-electron chi connectivity index (χ1n) is 5.31. The number of aromatic nitrogens is 2. The number of esters is 1. The van der Waals surface area contributed by atoms with Crippen LogP contribution in [0.15, 0.2) is 23.4 Å². The first-order valence-corrected chi connectivity index (χ1v) is 6.19. The lowest BCUT2D eigenvalue weighted by Gasteiger charge is -2.05. The molecule has 4 nitrogen and oxygen atoms in total. The number of methoxy groups -OCH3 is 1. The minimum absolute atomic E-state index is 0.244. The molecule has 0 aliphatic carbocycles. The molecule has 0 bridgehead atoms. The van der Waals surface area contributed by atoms with E-state index in [1.807, 2.05) is 25.1 Å². The van der Waals surface area contributed by atoms with Crippen LogP contribution in [0.25, 0.3) is 11.0 Å². The summed E-state index contributed by atoms with van der Waals surface area (Å²) < 4.78 is 4.68. The second-order valence-corrected chi connectivity index (χ2v) is 5.18. The summed E-state index contributed by atoms with van der Waals surface area (Å²) in [6.45, 7) is 3.83. The number of imidazole rings is 1. The van der Waals surface area contributed by atoms with Gasteiger partial charge in [0.25, 0.3) is 0 Å². The van der Waals surface area contributed by atoms with E-state index in [4.69, 9.17) is 0 Å². The highest BCUT2D eigenvalue weighted by Gasteiger charge is 2.16. The summed E-state index contributed by atoms with van der Waals surface area (Å²) in [6, 6.07) is 6.02. The molecule has 0 unspecified atom stereocenters. The van der Waals surface area contributed by atoms with Crippen molar-refractivity contribution in [2.24, 2.45) is 0 Å². The minimum atomic E-state index is -0.262. The largest absolute Gasteiger partial charge is 0.468 e. The van der Waals surface area contributed by atoms with Crippen molar-refractivity contribution in [1.29, 1.82) is 0 Å². The van der Waals surface area contributed by atoms with E-state index in [2.05, 4.69) is 14.7 Å². The average Bonchev–Trinajstić information content (AvgIpc) is 2.69. The van der Waals surface area contributed by atoms with Gasteiger partial charge < -0.3 is 9.72 Å². The van der Waals surface area contributed by atoms with Crippen molar-refractivity contribution in [2.75, 3.05) is 7.11 Å². The lowest BCUT2D eigenvalue weighted by molar-refractivity contribution is -0.139. The van der Waals surface area contributed by atoms with Crippen molar-refractivity contribution in [3.8, 4) is 0 Å². The molecule has 0 amide bonds. The lowest BCUT2D eigenvalue weighted by Crippen LogP contribution is -2.14. The van der Waals surface area contributed by atoms with Crippen LogP contribution in [0.5, 0.6) is 0 Å². The monoisotopic (exact) mass is 250 g/mol. The smallest absolute Gasteiger partial charge is 0.318 e. The molecule has 2 aromatic rings. The molecule has 1 heterocycles. The number of benzene rings is 1. The quantitative estimate of drug-likeness (QED) is 0.672. The summed E-state index contributed by atoms with van der Waals surface area (Å²) in [6.07, 6.45) is 0. The summed E-state index contributed by atoms with van der Waals surface area (Å²) >= 11 is 1.37. The van der Waals surface area contributed by atoms with Crippen LogP contribution in [-0.2, 0) is 9.53 Å². The fraction of sp³-hybridized carbons (Fsp3) is 0.333. The van der Waals surface area contributed by atoms with Gasteiger partial charge in [-0.2, -0.15) is 0 Å². The molecule has 2 rings (SSSR count). The molecule has 0 aliphatic heterocycles. The number of nitrogens with zero attached hydrogens (tertiary/aromatic N) is 1. The van der Waals surface area contributed by atoms with Gasteiger partial charge in [-0.1, -0.05) is 17.8 Å². The number of thioether (sulfide) groups is 1. The fourth-order valence-electron chi connectivity index (χ4n) is 1.54.